The van der Waals surface area contributed by atoms with Crippen LogP contribution in [0.3, 0.4) is 0 Å². The molecular weight excluding hydrogens is 415 g/mol. The molecule has 0 aliphatic carbocycles. The second kappa shape index (κ2) is 8.49. The second-order valence-electron chi connectivity index (χ2n) is 7.82. The summed E-state index contributed by atoms with van der Waals surface area (Å²) in [4.78, 5) is 24.6. The molecular formula is C21H22ClFN2O5. The summed E-state index contributed by atoms with van der Waals surface area (Å²) in [6.45, 7) is 4.81. The zero-order valence-electron chi connectivity index (χ0n) is 16.7. The molecule has 2 amide bonds. The molecule has 3 N–H and O–H groups in total. The molecule has 0 spiro atoms. The highest BCUT2D eigenvalue weighted by Gasteiger charge is 2.32. The predicted molar refractivity (Wildman–Crippen MR) is 109 cm³/mol. The van der Waals surface area contributed by atoms with E-state index in [1.54, 1.807) is 32.9 Å². The van der Waals surface area contributed by atoms with Gasteiger partial charge in [0.15, 0.2) is 5.75 Å². The van der Waals surface area contributed by atoms with Gasteiger partial charge in [0, 0.05) is 18.1 Å². The topological polar surface area (TPSA) is 96.9 Å². The summed E-state index contributed by atoms with van der Waals surface area (Å²) in [5.41, 5.74) is 0.647. The summed E-state index contributed by atoms with van der Waals surface area (Å²) in [5, 5.41) is 14.9. The third-order valence-electron chi connectivity index (χ3n) is 4.29. The summed E-state index contributed by atoms with van der Waals surface area (Å²) in [7, 11) is 0. The van der Waals surface area contributed by atoms with Crippen molar-refractivity contribution in [1.82, 2.24) is 5.32 Å². The van der Waals surface area contributed by atoms with Gasteiger partial charge in [0.1, 0.15) is 23.2 Å². The number of nitrogens with one attached hydrogen (secondary N) is 2. The van der Waals surface area contributed by atoms with Crippen LogP contribution in [0.5, 0.6) is 11.5 Å². The minimum Gasteiger partial charge on any atom is -0.453 e. The van der Waals surface area contributed by atoms with Crippen molar-refractivity contribution in [1.29, 1.82) is 0 Å². The molecule has 0 aromatic heterocycles. The Hall–Kier alpha value is -2.84. The summed E-state index contributed by atoms with van der Waals surface area (Å²) < 4.78 is 24.6. The van der Waals surface area contributed by atoms with Crippen LogP contribution in [0.4, 0.5) is 14.9 Å². The number of aliphatic hydroxyl groups is 1. The molecule has 160 valence electrons. The minimum atomic E-state index is -0.844. The van der Waals surface area contributed by atoms with Gasteiger partial charge in [-0.1, -0.05) is 23.7 Å². The molecule has 0 saturated heterocycles. The number of carbonyl (C=O) groups excluding carboxylic acids is 2. The number of hydrogen-bond acceptors (Lipinski definition) is 5. The highest BCUT2D eigenvalue weighted by atomic mass is 35.5. The first kappa shape index (κ1) is 21.9. The Bertz CT molecular complexity index is 990. The van der Waals surface area contributed by atoms with Crippen LogP contribution in [0.2, 0.25) is 5.02 Å². The van der Waals surface area contributed by atoms with Gasteiger partial charge in [0.25, 0.3) is 0 Å². The van der Waals surface area contributed by atoms with Crippen molar-refractivity contribution in [2.45, 2.75) is 45.4 Å². The molecule has 1 heterocycles. The standard InChI is InChI=1S/C21H22ClFN2O5/c1-21(2,3)30-20(28)24-15-8-11-5-7-14(22)18(17(11)25-19(15)27)29-16-9-13(23)6-4-12(16)10-26/h4-7,9,15,26H,8,10H2,1-3H3,(H,24,28)(H,25,27)/t15-/m1/s1. The highest BCUT2D eigenvalue weighted by molar-refractivity contribution is 6.32. The maximum Gasteiger partial charge on any atom is 0.408 e. The van der Waals surface area contributed by atoms with Crippen LogP contribution in [0, 0.1) is 5.82 Å². The smallest absolute Gasteiger partial charge is 0.408 e. The number of halogens is 2. The lowest BCUT2D eigenvalue weighted by molar-refractivity contribution is -0.118. The lowest BCUT2D eigenvalue weighted by Crippen LogP contribution is -2.49. The molecule has 2 aromatic rings. The number of carbonyl (C=O) groups is 2. The van der Waals surface area contributed by atoms with E-state index < -0.39 is 29.5 Å². The van der Waals surface area contributed by atoms with E-state index in [2.05, 4.69) is 10.6 Å². The van der Waals surface area contributed by atoms with Crippen LogP contribution in [0.1, 0.15) is 31.9 Å². The van der Waals surface area contributed by atoms with Crippen molar-refractivity contribution < 1.29 is 28.6 Å². The van der Waals surface area contributed by atoms with Gasteiger partial charge in [0.2, 0.25) is 5.91 Å². The van der Waals surface area contributed by atoms with Gasteiger partial charge in [-0.3, -0.25) is 4.79 Å². The Morgan fingerprint density at radius 1 is 1.33 bits per heavy atom. The number of anilines is 1. The van der Waals surface area contributed by atoms with Gasteiger partial charge < -0.3 is 25.2 Å². The van der Waals surface area contributed by atoms with Gasteiger partial charge in [-0.25, -0.2) is 9.18 Å². The SMILES string of the molecule is CC(C)(C)OC(=O)N[C@@H]1Cc2ccc(Cl)c(Oc3cc(F)ccc3CO)c2NC1=O. The Kier molecular flexibility index (Phi) is 6.19. The molecule has 2 aromatic carbocycles. The second-order valence-corrected chi connectivity index (χ2v) is 8.22. The van der Waals surface area contributed by atoms with Crippen LogP contribution >= 0.6 is 11.6 Å². The maximum absolute atomic E-state index is 13.7. The number of ether oxygens (including phenoxy) is 2. The van der Waals surface area contributed by atoms with Crippen LogP contribution < -0.4 is 15.4 Å². The van der Waals surface area contributed by atoms with Crippen LogP contribution in [-0.4, -0.2) is 28.7 Å². The summed E-state index contributed by atoms with van der Waals surface area (Å²) in [5.74, 6) is -0.814. The van der Waals surface area contributed by atoms with Gasteiger partial charge in [-0.15, -0.1) is 0 Å². The van der Waals surface area contributed by atoms with Crippen molar-refractivity contribution in [3.63, 3.8) is 0 Å². The number of hydrogen-bond donors (Lipinski definition) is 3. The highest BCUT2D eigenvalue weighted by Crippen LogP contribution is 2.42. The number of rotatable bonds is 4. The van der Waals surface area contributed by atoms with E-state index in [1.165, 1.54) is 12.1 Å². The van der Waals surface area contributed by atoms with E-state index in [4.69, 9.17) is 21.1 Å². The first-order chi connectivity index (χ1) is 14.1. The Balaban J connectivity index is 1.87. The predicted octanol–water partition coefficient (Wildman–Crippen LogP) is 4.15. The van der Waals surface area contributed by atoms with Gasteiger partial charge in [0.05, 0.1) is 17.3 Å². The van der Waals surface area contributed by atoms with E-state index in [1.807, 2.05) is 0 Å². The fourth-order valence-electron chi connectivity index (χ4n) is 2.96. The molecule has 3 rings (SSSR count). The van der Waals surface area contributed by atoms with Crippen molar-refractivity contribution >= 4 is 29.3 Å². The molecule has 0 unspecified atom stereocenters. The number of benzene rings is 2. The van der Waals surface area contributed by atoms with E-state index in [9.17, 15) is 19.1 Å². The number of fused-ring (bicyclic) bond motifs is 1. The quantitative estimate of drug-likeness (QED) is 0.669. The third-order valence-corrected chi connectivity index (χ3v) is 4.58. The average Bonchev–Trinajstić information content (AvgIpc) is 2.64. The third kappa shape index (κ3) is 5.01. The molecule has 0 bridgehead atoms. The molecule has 7 nitrogen and oxygen atoms in total. The number of amides is 2. The molecule has 9 heteroatoms. The molecule has 1 aliphatic heterocycles. The fraction of sp³-hybridized carbons (Fsp3) is 0.333. The maximum atomic E-state index is 13.7. The van der Waals surface area contributed by atoms with E-state index >= 15 is 0 Å². The van der Waals surface area contributed by atoms with Gasteiger partial charge in [-0.05, 0) is 38.5 Å². The van der Waals surface area contributed by atoms with E-state index in [0.29, 0.717) is 16.8 Å². The van der Waals surface area contributed by atoms with Crippen LogP contribution in [0.15, 0.2) is 30.3 Å². The van der Waals surface area contributed by atoms with E-state index in [0.717, 1.165) is 6.07 Å². The normalized spacial score (nSPS) is 15.8. The fourth-order valence-corrected chi connectivity index (χ4v) is 3.15. The van der Waals surface area contributed by atoms with Gasteiger partial charge in [-0.2, -0.15) is 0 Å². The average molecular weight is 437 g/mol. The molecule has 1 aliphatic rings. The lowest BCUT2D eigenvalue weighted by atomic mass is 9.98. The Morgan fingerprint density at radius 2 is 2.07 bits per heavy atom. The largest absolute Gasteiger partial charge is 0.453 e. The van der Waals surface area contributed by atoms with E-state index in [-0.39, 0.29) is 29.5 Å². The zero-order chi connectivity index (χ0) is 22.1. The number of aliphatic hydroxyl groups excluding tert-OH is 1. The van der Waals surface area contributed by atoms with Gasteiger partial charge >= 0.3 is 6.09 Å². The molecule has 30 heavy (non-hydrogen) atoms. The summed E-state index contributed by atoms with van der Waals surface area (Å²) in [6, 6.07) is 6.16. The Labute approximate surface area is 178 Å². The monoisotopic (exact) mass is 436 g/mol. The Morgan fingerprint density at radius 3 is 2.73 bits per heavy atom. The molecule has 0 radical (unpaired) electrons. The van der Waals surface area contributed by atoms with Crippen LogP contribution in [0.25, 0.3) is 0 Å². The first-order valence-corrected chi connectivity index (χ1v) is 9.64. The molecule has 0 fully saturated rings. The molecule has 1 atom stereocenters. The van der Waals surface area contributed by atoms with Crippen LogP contribution in [-0.2, 0) is 22.6 Å². The van der Waals surface area contributed by atoms with Crippen molar-refractivity contribution in [2.75, 3.05) is 5.32 Å². The first-order valence-electron chi connectivity index (χ1n) is 9.26. The summed E-state index contributed by atoms with van der Waals surface area (Å²) in [6.07, 6.45) is -0.520. The van der Waals surface area contributed by atoms with Crippen molar-refractivity contribution in [3.05, 3.63) is 52.3 Å². The molecule has 0 saturated carbocycles. The number of alkyl carbamates (subject to hydrolysis) is 1. The van der Waals surface area contributed by atoms with Crippen molar-refractivity contribution in [2.24, 2.45) is 0 Å². The van der Waals surface area contributed by atoms with Crippen molar-refractivity contribution in [3.8, 4) is 11.5 Å². The minimum absolute atomic E-state index is 0.0797. The zero-order valence-corrected chi connectivity index (χ0v) is 17.5. The lowest BCUT2D eigenvalue weighted by Gasteiger charge is -2.28. The summed E-state index contributed by atoms with van der Waals surface area (Å²) >= 11 is 6.27.